The number of aromatic nitrogens is 3. The lowest BCUT2D eigenvalue weighted by Crippen LogP contribution is -1.96. The lowest BCUT2D eigenvalue weighted by Gasteiger charge is -2.16. The Morgan fingerprint density at radius 2 is 0.800 bits per heavy atom. The number of pyridine rings is 1. The van der Waals surface area contributed by atoms with Gasteiger partial charge in [0.05, 0.1) is 22.6 Å². The Morgan fingerprint density at radius 1 is 0.300 bits per heavy atom. The van der Waals surface area contributed by atoms with Gasteiger partial charge in [-0.3, -0.25) is 0 Å². The van der Waals surface area contributed by atoms with Crippen molar-refractivity contribution in [1.29, 1.82) is 0 Å². The summed E-state index contributed by atoms with van der Waals surface area (Å²) in [4.78, 5) is 15.6. The summed E-state index contributed by atoms with van der Waals surface area (Å²) in [6, 6.07) is 65.5. The summed E-state index contributed by atoms with van der Waals surface area (Å²) >= 11 is 0. The molecule has 0 aliphatic rings. The Hall–Kier alpha value is -6.71. The van der Waals surface area contributed by atoms with Crippen molar-refractivity contribution in [3.05, 3.63) is 188 Å². The Morgan fingerprint density at radius 3 is 1.48 bits per heavy atom. The summed E-state index contributed by atoms with van der Waals surface area (Å²) in [6.45, 7) is 0. The van der Waals surface area contributed by atoms with Crippen LogP contribution in [0.3, 0.4) is 0 Å². The highest BCUT2D eigenvalue weighted by Crippen LogP contribution is 2.41. The molecule has 0 N–H and O–H groups in total. The minimum Gasteiger partial charge on any atom is -0.246 e. The third kappa shape index (κ3) is 5.41. The molecule has 9 aromatic rings. The van der Waals surface area contributed by atoms with E-state index in [2.05, 4.69) is 152 Å². The molecule has 3 nitrogen and oxygen atoms in total. The molecule has 0 amide bonds. The summed E-state index contributed by atoms with van der Waals surface area (Å²) in [5.41, 5.74) is 12.4. The molecule has 0 spiro atoms. The first kappa shape index (κ1) is 29.4. The van der Waals surface area contributed by atoms with Gasteiger partial charge in [-0.05, 0) is 28.8 Å². The summed E-state index contributed by atoms with van der Waals surface area (Å²) < 4.78 is 0. The zero-order valence-electron chi connectivity index (χ0n) is 27.2. The van der Waals surface area contributed by atoms with Crippen molar-refractivity contribution in [2.75, 3.05) is 0 Å². The molecule has 2 aromatic heterocycles. The summed E-state index contributed by atoms with van der Waals surface area (Å²) in [6.07, 6.45) is 0. The normalized spacial score (nSPS) is 11.2. The van der Waals surface area contributed by atoms with Crippen molar-refractivity contribution in [2.24, 2.45) is 0 Å². The molecule has 50 heavy (non-hydrogen) atoms. The van der Waals surface area contributed by atoms with Crippen LogP contribution in [0.2, 0.25) is 0 Å². The fourth-order valence-corrected chi connectivity index (χ4v) is 6.90. The van der Waals surface area contributed by atoms with Crippen LogP contribution in [0.4, 0.5) is 0 Å². The molecule has 9 rings (SSSR count). The summed E-state index contributed by atoms with van der Waals surface area (Å²) in [5, 5.41) is 3.47. The smallest absolute Gasteiger partial charge is 0.160 e. The highest BCUT2D eigenvalue weighted by molar-refractivity contribution is 6.19. The Kier molecular flexibility index (Phi) is 7.49. The van der Waals surface area contributed by atoms with E-state index in [1.54, 1.807) is 0 Å². The van der Waals surface area contributed by atoms with Crippen LogP contribution in [-0.2, 0) is 0 Å². The monoisotopic (exact) mass is 637 g/mol. The van der Waals surface area contributed by atoms with Crippen molar-refractivity contribution in [3.8, 4) is 67.4 Å². The molecule has 0 saturated carbocycles. The van der Waals surface area contributed by atoms with E-state index in [4.69, 9.17) is 15.0 Å². The first-order chi connectivity index (χ1) is 24.8. The largest absolute Gasteiger partial charge is 0.246 e. The SMILES string of the molecule is c1ccc(-c2cc(-c3cccc(-c4cccc5c4nc(-c4ccccc4)c4cccc(-c6ccccc6)c45)c3)nc(-c3ccccc3)n2)cc1. The molecule has 0 radical (unpaired) electrons. The molecule has 7 aromatic carbocycles. The maximum Gasteiger partial charge on any atom is 0.160 e. The van der Waals surface area contributed by atoms with Gasteiger partial charge in [-0.25, -0.2) is 15.0 Å². The van der Waals surface area contributed by atoms with Crippen LogP contribution in [-0.4, -0.2) is 15.0 Å². The van der Waals surface area contributed by atoms with Crippen LogP contribution in [0.5, 0.6) is 0 Å². The molecular weight excluding hydrogens is 607 g/mol. The minimum atomic E-state index is 0.701. The molecule has 0 fully saturated rings. The van der Waals surface area contributed by atoms with Gasteiger partial charge < -0.3 is 0 Å². The predicted molar refractivity (Wildman–Crippen MR) is 207 cm³/mol. The van der Waals surface area contributed by atoms with E-state index in [1.807, 2.05) is 36.4 Å². The van der Waals surface area contributed by atoms with E-state index in [0.717, 1.165) is 66.8 Å². The Balaban J connectivity index is 1.27. The van der Waals surface area contributed by atoms with Crippen LogP contribution >= 0.6 is 0 Å². The third-order valence-corrected chi connectivity index (χ3v) is 9.28. The quantitative estimate of drug-likeness (QED) is 0.170. The second-order valence-electron chi connectivity index (χ2n) is 12.4. The van der Waals surface area contributed by atoms with Gasteiger partial charge in [-0.15, -0.1) is 0 Å². The third-order valence-electron chi connectivity index (χ3n) is 9.28. The standard InChI is InChI=1S/C47H31N3/c1-5-16-32(17-6-1)38-26-14-28-40-44(38)41-29-15-27-39(46(41)50-45(40)34-20-9-3-10-21-34)36-24-13-25-37(30-36)43-31-42(33-18-7-2-8-19-33)48-47(49-43)35-22-11-4-12-23-35/h1-31H. The van der Waals surface area contributed by atoms with Crippen LogP contribution in [0.1, 0.15) is 0 Å². The van der Waals surface area contributed by atoms with Crippen LogP contribution < -0.4 is 0 Å². The lowest BCUT2D eigenvalue weighted by atomic mass is 9.91. The second kappa shape index (κ2) is 12.7. The highest BCUT2D eigenvalue weighted by Gasteiger charge is 2.18. The number of rotatable bonds is 6. The first-order valence-electron chi connectivity index (χ1n) is 16.9. The number of para-hydroxylation sites is 1. The van der Waals surface area contributed by atoms with Gasteiger partial charge in [0.2, 0.25) is 0 Å². The fraction of sp³-hybridized carbons (Fsp3) is 0. The maximum absolute atomic E-state index is 5.47. The number of fused-ring (bicyclic) bond motifs is 3. The zero-order chi connectivity index (χ0) is 33.3. The topological polar surface area (TPSA) is 38.7 Å². The molecular formula is C47H31N3. The molecule has 0 atom stereocenters. The van der Waals surface area contributed by atoms with Crippen molar-refractivity contribution >= 4 is 21.7 Å². The lowest BCUT2D eigenvalue weighted by molar-refractivity contribution is 1.18. The van der Waals surface area contributed by atoms with Gasteiger partial charge in [-0.1, -0.05) is 176 Å². The average Bonchev–Trinajstić information content (AvgIpc) is 3.21. The minimum absolute atomic E-state index is 0.701. The Bertz CT molecular complexity index is 2560. The van der Waals surface area contributed by atoms with Gasteiger partial charge in [0.1, 0.15) is 0 Å². The van der Waals surface area contributed by atoms with Gasteiger partial charge >= 0.3 is 0 Å². The van der Waals surface area contributed by atoms with E-state index < -0.39 is 0 Å². The van der Waals surface area contributed by atoms with E-state index in [9.17, 15) is 0 Å². The van der Waals surface area contributed by atoms with Gasteiger partial charge in [0, 0.05) is 44.0 Å². The number of nitrogens with zero attached hydrogens (tertiary/aromatic N) is 3. The summed E-state index contributed by atoms with van der Waals surface area (Å²) in [5.74, 6) is 0.701. The van der Waals surface area contributed by atoms with Crippen molar-refractivity contribution in [3.63, 3.8) is 0 Å². The number of hydrogen-bond donors (Lipinski definition) is 0. The molecule has 234 valence electrons. The van der Waals surface area contributed by atoms with Gasteiger partial charge in [0.15, 0.2) is 5.82 Å². The van der Waals surface area contributed by atoms with Crippen LogP contribution in [0.15, 0.2) is 188 Å². The van der Waals surface area contributed by atoms with Gasteiger partial charge in [-0.2, -0.15) is 0 Å². The summed E-state index contributed by atoms with van der Waals surface area (Å²) in [7, 11) is 0. The van der Waals surface area contributed by atoms with E-state index in [1.165, 1.54) is 16.5 Å². The molecule has 2 heterocycles. The van der Waals surface area contributed by atoms with Crippen LogP contribution in [0, 0.1) is 0 Å². The van der Waals surface area contributed by atoms with E-state index in [-0.39, 0.29) is 0 Å². The van der Waals surface area contributed by atoms with Gasteiger partial charge in [0.25, 0.3) is 0 Å². The fourth-order valence-electron chi connectivity index (χ4n) is 6.90. The zero-order valence-corrected chi connectivity index (χ0v) is 27.2. The number of hydrogen-bond acceptors (Lipinski definition) is 3. The Labute approximate surface area is 291 Å². The molecule has 0 unspecified atom stereocenters. The molecule has 0 bridgehead atoms. The van der Waals surface area contributed by atoms with Crippen molar-refractivity contribution in [1.82, 2.24) is 15.0 Å². The maximum atomic E-state index is 5.47. The highest BCUT2D eigenvalue weighted by atomic mass is 14.9. The first-order valence-corrected chi connectivity index (χ1v) is 16.9. The number of benzene rings is 7. The van der Waals surface area contributed by atoms with E-state index >= 15 is 0 Å². The molecule has 0 aliphatic heterocycles. The molecule has 0 saturated heterocycles. The second-order valence-corrected chi connectivity index (χ2v) is 12.4. The van der Waals surface area contributed by atoms with E-state index in [0.29, 0.717) is 5.82 Å². The molecule has 3 heteroatoms. The predicted octanol–water partition coefficient (Wildman–Crippen LogP) is 12.2. The average molecular weight is 638 g/mol. The van der Waals surface area contributed by atoms with Crippen molar-refractivity contribution < 1.29 is 0 Å². The van der Waals surface area contributed by atoms with Crippen molar-refractivity contribution in [2.45, 2.75) is 0 Å². The van der Waals surface area contributed by atoms with Crippen LogP contribution in [0.25, 0.3) is 89.1 Å². The molecule has 0 aliphatic carbocycles.